The van der Waals surface area contributed by atoms with Gasteiger partial charge in [0.1, 0.15) is 17.5 Å². The van der Waals surface area contributed by atoms with Crippen molar-refractivity contribution in [2.24, 2.45) is 0 Å². The molecule has 0 bridgehead atoms. The maximum atomic E-state index is 13.0. The van der Waals surface area contributed by atoms with E-state index < -0.39 is 5.60 Å². The lowest BCUT2D eigenvalue weighted by atomic mass is 9.82. The van der Waals surface area contributed by atoms with Gasteiger partial charge in [0.15, 0.2) is 0 Å². The minimum absolute atomic E-state index is 0.112. The van der Waals surface area contributed by atoms with E-state index in [9.17, 15) is 4.39 Å². The molecule has 0 radical (unpaired) electrons. The zero-order chi connectivity index (χ0) is 13.2. The Bertz CT molecular complexity index is 395. The summed E-state index contributed by atoms with van der Waals surface area (Å²) in [7, 11) is 7.28. The molecular formula is C14H19FNO2-. The fourth-order valence-corrected chi connectivity index (χ4v) is 2.64. The molecule has 1 aromatic rings. The Morgan fingerprint density at radius 2 is 2.00 bits per heavy atom. The number of hydrogen-bond acceptors (Lipinski definition) is 3. The smallest absolute Gasteiger partial charge is 0.123 e. The lowest BCUT2D eigenvalue weighted by Gasteiger charge is -2.48. The average molecular weight is 252 g/mol. The highest BCUT2D eigenvalue weighted by atomic mass is 19.1. The summed E-state index contributed by atoms with van der Waals surface area (Å²) in [5, 5.41) is 0. The Hall–Kier alpha value is -0.970. The quantitative estimate of drug-likeness (QED) is 0.770. The van der Waals surface area contributed by atoms with Crippen LogP contribution in [-0.4, -0.2) is 38.3 Å². The number of ether oxygens (including phenoxy) is 2. The summed E-state index contributed by atoms with van der Waals surface area (Å²) in [6.45, 7) is 1.52. The molecule has 1 aliphatic heterocycles. The Morgan fingerprint density at radius 1 is 1.33 bits per heavy atom. The van der Waals surface area contributed by atoms with Crippen molar-refractivity contribution in [2.75, 3.05) is 27.3 Å². The molecule has 1 aromatic carbocycles. The zero-order valence-corrected chi connectivity index (χ0v) is 10.9. The van der Waals surface area contributed by atoms with Crippen LogP contribution in [0.15, 0.2) is 24.3 Å². The first-order chi connectivity index (χ1) is 8.62. The largest absolute Gasteiger partial charge is 0.457 e. The fraction of sp³-hybridized carbons (Fsp3) is 0.500. The summed E-state index contributed by atoms with van der Waals surface area (Å²) >= 11 is 0. The van der Waals surface area contributed by atoms with Gasteiger partial charge in [0.2, 0.25) is 0 Å². The van der Waals surface area contributed by atoms with Crippen LogP contribution < -0.4 is 0 Å². The van der Waals surface area contributed by atoms with Gasteiger partial charge in [0.05, 0.1) is 0 Å². The predicted octanol–water partition coefficient (Wildman–Crippen LogP) is 2.18. The van der Waals surface area contributed by atoms with Crippen LogP contribution in [0.2, 0.25) is 0 Å². The molecule has 2 atom stereocenters. The first-order valence-electron chi connectivity index (χ1n) is 6.02. The van der Waals surface area contributed by atoms with Crippen molar-refractivity contribution in [3.05, 3.63) is 42.7 Å². The highest BCUT2D eigenvalue weighted by Gasteiger charge is 2.43. The van der Waals surface area contributed by atoms with Gasteiger partial charge in [-0.1, -0.05) is 12.1 Å². The summed E-state index contributed by atoms with van der Waals surface area (Å²) in [5.41, 5.74) is 0.433. The van der Waals surface area contributed by atoms with Crippen LogP contribution in [0.25, 0.3) is 0 Å². The van der Waals surface area contributed by atoms with E-state index in [0.29, 0.717) is 6.54 Å². The summed E-state index contributed by atoms with van der Waals surface area (Å²) in [6.07, 6.45) is 0.663. The Balaban J connectivity index is 2.36. The van der Waals surface area contributed by atoms with E-state index in [2.05, 4.69) is 7.05 Å². The van der Waals surface area contributed by atoms with Crippen molar-refractivity contribution in [1.82, 2.24) is 4.90 Å². The molecule has 1 heterocycles. The lowest BCUT2D eigenvalue weighted by Crippen LogP contribution is -2.53. The average Bonchev–Trinajstić information content (AvgIpc) is 2.40. The second-order valence-corrected chi connectivity index (χ2v) is 4.65. The second kappa shape index (κ2) is 5.34. The van der Waals surface area contributed by atoms with E-state index in [1.807, 2.05) is 4.90 Å². The highest BCUT2D eigenvalue weighted by molar-refractivity contribution is 5.26. The number of nitrogens with zero attached hydrogens (tertiary/aromatic N) is 1. The van der Waals surface area contributed by atoms with Crippen molar-refractivity contribution in [3.8, 4) is 0 Å². The van der Waals surface area contributed by atoms with Crippen molar-refractivity contribution < 1.29 is 13.9 Å². The fourth-order valence-electron chi connectivity index (χ4n) is 2.64. The van der Waals surface area contributed by atoms with Gasteiger partial charge in [-0.2, -0.15) is 0 Å². The van der Waals surface area contributed by atoms with E-state index in [1.165, 1.54) is 12.1 Å². The van der Waals surface area contributed by atoms with Crippen LogP contribution in [0, 0.1) is 12.9 Å². The van der Waals surface area contributed by atoms with Crippen LogP contribution in [0.3, 0.4) is 0 Å². The third-order valence-electron chi connectivity index (χ3n) is 3.73. The molecule has 0 unspecified atom stereocenters. The molecule has 1 fully saturated rings. The number of rotatable bonds is 3. The molecule has 0 N–H and O–H groups in total. The van der Waals surface area contributed by atoms with Gasteiger partial charge in [-0.15, -0.1) is 0 Å². The molecule has 18 heavy (non-hydrogen) atoms. The van der Waals surface area contributed by atoms with Gasteiger partial charge in [0.25, 0.3) is 0 Å². The molecule has 0 saturated carbocycles. The van der Waals surface area contributed by atoms with Gasteiger partial charge in [-0.25, -0.2) is 4.39 Å². The number of methoxy groups -OCH3 is 2. The van der Waals surface area contributed by atoms with Gasteiger partial charge in [-0.05, 0) is 37.2 Å². The number of halogens is 1. The van der Waals surface area contributed by atoms with Crippen molar-refractivity contribution in [3.63, 3.8) is 0 Å². The molecule has 1 saturated heterocycles. The topological polar surface area (TPSA) is 21.7 Å². The molecule has 1 aliphatic rings. The van der Waals surface area contributed by atoms with Crippen molar-refractivity contribution >= 4 is 0 Å². The van der Waals surface area contributed by atoms with E-state index in [-0.39, 0.29) is 11.9 Å². The predicted molar refractivity (Wildman–Crippen MR) is 67.4 cm³/mol. The molecule has 0 spiro atoms. The maximum Gasteiger partial charge on any atom is 0.123 e. The highest BCUT2D eigenvalue weighted by Crippen LogP contribution is 2.37. The monoisotopic (exact) mass is 252 g/mol. The zero-order valence-electron chi connectivity index (χ0n) is 10.9. The Morgan fingerprint density at radius 3 is 2.56 bits per heavy atom. The minimum atomic E-state index is -0.517. The third-order valence-corrected chi connectivity index (χ3v) is 3.73. The molecule has 0 aromatic heterocycles. The SMILES string of the molecule is [CH2-]N1CC[C@](OC)(c2ccc(F)cc2)[C@@H](OC)C1. The van der Waals surface area contributed by atoms with E-state index in [4.69, 9.17) is 9.47 Å². The first-order valence-corrected chi connectivity index (χ1v) is 6.02. The molecular weight excluding hydrogens is 233 g/mol. The van der Waals surface area contributed by atoms with Gasteiger partial charge in [0, 0.05) is 14.2 Å². The Labute approximate surface area is 107 Å². The normalized spacial score (nSPS) is 29.4. The summed E-state index contributed by atoms with van der Waals surface area (Å²) in [6, 6.07) is 6.45. The standard InChI is InChI=1S/C14H19FNO2/c1-16-9-8-14(18-3,13(10-16)17-2)11-4-6-12(15)7-5-11/h4-7,13H,1,8-10H2,2-3H3/q-1/t13-,14-/m0/s1. The third kappa shape index (κ3) is 2.28. The number of hydrogen-bond donors (Lipinski definition) is 0. The molecule has 0 aliphatic carbocycles. The van der Waals surface area contributed by atoms with E-state index in [0.717, 1.165) is 18.5 Å². The number of piperidine rings is 1. The summed E-state index contributed by atoms with van der Waals surface area (Å²) in [4.78, 5) is 1.97. The molecule has 100 valence electrons. The second-order valence-electron chi connectivity index (χ2n) is 4.65. The van der Waals surface area contributed by atoms with Crippen LogP contribution in [0.4, 0.5) is 4.39 Å². The van der Waals surface area contributed by atoms with Gasteiger partial charge in [-0.3, -0.25) is 7.05 Å². The molecule has 4 heteroatoms. The minimum Gasteiger partial charge on any atom is -0.457 e. The van der Waals surface area contributed by atoms with Crippen LogP contribution in [-0.2, 0) is 15.1 Å². The molecule has 0 amide bonds. The number of likely N-dealkylation sites (tertiary alicyclic amines) is 1. The van der Waals surface area contributed by atoms with Crippen LogP contribution in [0.1, 0.15) is 12.0 Å². The van der Waals surface area contributed by atoms with E-state index >= 15 is 0 Å². The summed E-state index contributed by atoms with van der Waals surface area (Å²) < 4.78 is 24.3. The van der Waals surface area contributed by atoms with Crippen molar-refractivity contribution in [2.45, 2.75) is 18.1 Å². The molecule has 2 rings (SSSR count). The first kappa shape index (κ1) is 13.5. The molecule has 3 nitrogen and oxygen atoms in total. The van der Waals surface area contributed by atoms with Crippen LogP contribution >= 0.6 is 0 Å². The summed E-state index contributed by atoms with van der Waals surface area (Å²) in [5.74, 6) is -0.242. The maximum absolute atomic E-state index is 13.0. The Kier molecular flexibility index (Phi) is 4.00. The van der Waals surface area contributed by atoms with E-state index in [1.54, 1.807) is 26.4 Å². The lowest BCUT2D eigenvalue weighted by molar-refractivity contribution is -0.153. The number of benzene rings is 1. The van der Waals surface area contributed by atoms with Crippen LogP contribution in [0.5, 0.6) is 0 Å². The van der Waals surface area contributed by atoms with Gasteiger partial charge < -0.3 is 14.4 Å². The van der Waals surface area contributed by atoms with Gasteiger partial charge >= 0.3 is 0 Å². The van der Waals surface area contributed by atoms with Crippen molar-refractivity contribution in [1.29, 1.82) is 0 Å².